The first-order valence-electron chi connectivity index (χ1n) is 6.25. The second-order valence-electron chi connectivity index (χ2n) is 3.90. The lowest BCUT2D eigenvalue weighted by Gasteiger charge is -1.99. The maximum Gasteiger partial charge on any atom is 0.243 e. The van der Waals surface area contributed by atoms with Gasteiger partial charge in [-0.25, -0.2) is 0 Å². The van der Waals surface area contributed by atoms with Gasteiger partial charge in [0.05, 0.1) is 0 Å². The minimum absolute atomic E-state index is 0.0546. The Kier molecular flexibility index (Phi) is 10.7. The standard InChI is InChI=1S/C13H25NO/c1-3-5-7-8-9-10-11-13(15)14-12-6-4-2/h10-11H,3-9,12H2,1-2H3,(H,14,15)/b11-10+. The van der Waals surface area contributed by atoms with Gasteiger partial charge >= 0.3 is 0 Å². The van der Waals surface area contributed by atoms with Gasteiger partial charge in [0, 0.05) is 6.54 Å². The van der Waals surface area contributed by atoms with E-state index >= 15 is 0 Å². The summed E-state index contributed by atoms with van der Waals surface area (Å²) in [4.78, 5) is 11.2. The molecule has 0 saturated carbocycles. The molecule has 1 N–H and O–H groups in total. The summed E-state index contributed by atoms with van der Waals surface area (Å²) in [5.41, 5.74) is 0. The molecule has 0 saturated heterocycles. The van der Waals surface area contributed by atoms with E-state index in [4.69, 9.17) is 0 Å². The van der Waals surface area contributed by atoms with Gasteiger partial charge in [-0.15, -0.1) is 0 Å². The number of hydrogen-bond donors (Lipinski definition) is 1. The van der Waals surface area contributed by atoms with Gasteiger partial charge in [-0.1, -0.05) is 45.6 Å². The highest BCUT2D eigenvalue weighted by Crippen LogP contribution is 2.02. The lowest BCUT2D eigenvalue weighted by molar-refractivity contribution is -0.116. The van der Waals surface area contributed by atoms with Crippen molar-refractivity contribution in [1.82, 2.24) is 5.32 Å². The molecule has 0 aromatic carbocycles. The summed E-state index contributed by atoms with van der Waals surface area (Å²) in [5.74, 6) is 0.0546. The molecule has 0 rings (SSSR count). The highest BCUT2D eigenvalue weighted by Gasteiger charge is 1.92. The molecule has 0 unspecified atom stereocenters. The zero-order valence-electron chi connectivity index (χ0n) is 10.2. The van der Waals surface area contributed by atoms with E-state index in [1.807, 2.05) is 6.08 Å². The summed E-state index contributed by atoms with van der Waals surface area (Å²) in [6.07, 6.45) is 11.9. The summed E-state index contributed by atoms with van der Waals surface area (Å²) in [6, 6.07) is 0. The van der Waals surface area contributed by atoms with Gasteiger partial charge in [0.1, 0.15) is 0 Å². The monoisotopic (exact) mass is 211 g/mol. The van der Waals surface area contributed by atoms with Crippen LogP contribution in [0.15, 0.2) is 12.2 Å². The van der Waals surface area contributed by atoms with E-state index in [-0.39, 0.29) is 5.91 Å². The lowest BCUT2D eigenvalue weighted by atomic mass is 10.1. The van der Waals surface area contributed by atoms with Crippen molar-refractivity contribution in [3.63, 3.8) is 0 Å². The van der Waals surface area contributed by atoms with Crippen molar-refractivity contribution in [3.8, 4) is 0 Å². The smallest absolute Gasteiger partial charge is 0.243 e. The van der Waals surface area contributed by atoms with E-state index in [0.717, 1.165) is 25.8 Å². The molecule has 15 heavy (non-hydrogen) atoms. The van der Waals surface area contributed by atoms with E-state index in [2.05, 4.69) is 19.2 Å². The van der Waals surface area contributed by atoms with E-state index in [1.54, 1.807) is 6.08 Å². The van der Waals surface area contributed by atoms with Crippen LogP contribution in [0.25, 0.3) is 0 Å². The van der Waals surface area contributed by atoms with E-state index in [9.17, 15) is 4.79 Å². The Morgan fingerprint density at radius 1 is 1.07 bits per heavy atom. The lowest BCUT2D eigenvalue weighted by Crippen LogP contribution is -2.21. The van der Waals surface area contributed by atoms with E-state index in [1.165, 1.54) is 25.7 Å². The normalized spacial score (nSPS) is 10.8. The SMILES string of the molecule is CCCCCC/C=C/C(=O)NCCCC. The van der Waals surface area contributed by atoms with Gasteiger partial charge in [-0.2, -0.15) is 0 Å². The molecule has 0 aromatic rings. The van der Waals surface area contributed by atoms with Crippen LogP contribution in [-0.4, -0.2) is 12.5 Å². The number of amides is 1. The Morgan fingerprint density at radius 2 is 1.80 bits per heavy atom. The molecule has 0 fully saturated rings. The zero-order valence-corrected chi connectivity index (χ0v) is 10.2. The molecular weight excluding hydrogens is 186 g/mol. The molecule has 1 amide bonds. The summed E-state index contributed by atoms with van der Waals surface area (Å²) < 4.78 is 0. The summed E-state index contributed by atoms with van der Waals surface area (Å²) >= 11 is 0. The van der Waals surface area contributed by atoms with Crippen LogP contribution in [0, 0.1) is 0 Å². The molecule has 0 aliphatic heterocycles. The Labute approximate surface area is 94.1 Å². The van der Waals surface area contributed by atoms with Crippen molar-refractivity contribution in [1.29, 1.82) is 0 Å². The molecule has 2 nitrogen and oxygen atoms in total. The first-order chi connectivity index (χ1) is 7.31. The first-order valence-corrected chi connectivity index (χ1v) is 6.25. The Morgan fingerprint density at radius 3 is 2.47 bits per heavy atom. The number of carbonyl (C=O) groups is 1. The largest absolute Gasteiger partial charge is 0.353 e. The van der Waals surface area contributed by atoms with Crippen molar-refractivity contribution in [2.24, 2.45) is 0 Å². The molecule has 2 heteroatoms. The van der Waals surface area contributed by atoms with Gasteiger partial charge in [0.15, 0.2) is 0 Å². The second-order valence-corrected chi connectivity index (χ2v) is 3.90. The zero-order chi connectivity index (χ0) is 11.4. The van der Waals surface area contributed by atoms with E-state index < -0.39 is 0 Å². The summed E-state index contributed by atoms with van der Waals surface area (Å²) in [7, 11) is 0. The fourth-order valence-electron chi connectivity index (χ4n) is 1.33. The predicted molar refractivity (Wildman–Crippen MR) is 65.8 cm³/mol. The van der Waals surface area contributed by atoms with Gasteiger partial charge in [-0.05, 0) is 25.3 Å². The number of allylic oxidation sites excluding steroid dienone is 1. The van der Waals surface area contributed by atoms with Gasteiger partial charge in [0.2, 0.25) is 5.91 Å². The van der Waals surface area contributed by atoms with Crippen LogP contribution < -0.4 is 5.32 Å². The molecule has 0 radical (unpaired) electrons. The van der Waals surface area contributed by atoms with Crippen molar-refractivity contribution in [2.75, 3.05) is 6.54 Å². The predicted octanol–water partition coefficient (Wildman–Crippen LogP) is 3.43. The van der Waals surface area contributed by atoms with Crippen LogP contribution in [0.2, 0.25) is 0 Å². The number of rotatable bonds is 9. The minimum atomic E-state index is 0.0546. The van der Waals surface area contributed by atoms with Crippen molar-refractivity contribution >= 4 is 5.91 Å². The third-order valence-electron chi connectivity index (χ3n) is 2.32. The number of hydrogen-bond acceptors (Lipinski definition) is 1. The second kappa shape index (κ2) is 11.3. The number of nitrogens with one attached hydrogen (secondary N) is 1. The minimum Gasteiger partial charge on any atom is -0.353 e. The van der Waals surface area contributed by atoms with E-state index in [0.29, 0.717) is 0 Å². The van der Waals surface area contributed by atoms with Crippen LogP contribution in [0.4, 0.5) is 0 Å². The summed E-state index contributed by atoms with van der Waals surface area (Å²) in [6.45, 7) is 5.13. The third kappa shape index (κ3) is 11.1. The fourth-order valence-corrected chi connectivity index (χ4v) is 1.33. The quantitative estimate of drug-likeness (QED) is 0.459. The fraction of sp³-hybridized carbons (Fsp3) is 0.769. The van der Waals surface area contributed by atoms with Crippen LogP contribution >= 0.6 is 0 Å². The average molecular weight is 211 g/mol. The van der Waals surface area contributed by atoms with Crippen molar-refractivity contribution < 1.29 is 4.79 Å². The number of unbranched alkanes of at least 4 members (excludes halogenated alkanes) is 5. The van der Waals surface area contributed by atoms with Crippen LogP contribution in [0.5, 0.6) is 0 Å². The summed E-state index contributed by atoms with van der Waals surface area (Å²) in [5, 5.41) is 2.86. The molecule has 0 spiro atoms. The molecular formula is C13H25NO. The topological polar surface area (TPSA) is 29.1 Å². The molecule has 0 aromatic heterocycles. The molecule has 0 heterocycles. The maximum absolute atomic E-state index is 11.2. The average Bonchev–Trinajstić information content (AvgIpc) is 2.23. The first kappa shape index (κ1) is 14.2. The highest BCUT2D eigenvalue weighted by molar-refractivity contribution is 5.87. The Hall–Kier alpha value is -0.790. The molecule has 0 aliphatic rings. The number of carbonyl (C=O) groups excluding carboxylic acids is 1. The third-order valence-corrected chi connectivity index (χ3v) is 2.32. The van der Waals surface area contributed by atoms with Crippen LogP contribution in [0.1, 0.15) is 58.8 Å². The Bertz CT molecular complexity index is 175. The molecule has 0 bridgehead atoms. The van der Waals surface area contributed by atoms with Crippen LogP contribution in [-0.2, 0) is 4.79 Å². The van der Waals surface area contributed by atoms with Gasteiger partial charge < -0.3 is 5.32 Å². The highest BCUT2D eigenvalue weighted by atomic mass is 16.1. The Balaban J connectivity index is 3.30. The molecule has 0 atom stereocenters. The van der Waals surface area contributed by atoms with Crippen LogP contribution in [0.3, 0.4) is 0 Å². The maximum atomic E-state index is 11.2. The molecule has 0 aliphatic carbocycles. The van der Waals surface area contributed by atoms with Crippen molar-refractivity contribution in [3.05, 3.63) is 12.2 Å². The van der Waals surface area contributed by atoms with Gasteiger partial charge in [-0.3, -0.25) is 4.79 Å². The van der Waals surface area contributed by atoms with Crippen molar-refractivity contribution in [2.45, 2.75) is 58.8 Å². The van der Waals surface area contributed by atoms with Gasteiger partial charge in [0.25, 0.3) is 0 Å². The molecule has 88 valence electrons.